The van der Waals surface area contributed by atoms with Gasteiger partial charge in [-0.15, -0.1) is 0 Å². The van der Waals surface area contributed by atoms with Crippen LogP contribution in [-0.2, 0) is 11.4 Å². The van der Waals surface area contributed by atoms with Gasteiger partial charge in [0.25, 0.3) is 5.91 Å². The second-order valence-corrected chi connectivity index (χ2v) is 8.25. The number of nitrogens with zero attached hydrogens (tertiary/aromatic N) is 4. The van der Waals surface area contributed by atoms with Crippen molar-refractivity contribution >= 4 is 17.5 Å². The molecule has 9 heteroatoms. The number of hydrogen-bond donors (Lipinski definition) is 2. The Morgan fingerprint density at radius 3 is 2.50 bits per heavy atom. The Labute approximate surface area is 208 Å². The molecule has 1 aromatic heterocycles. The minimum absolute atomic E-state index is 0.250. The Morgan fingerprint density at radius 2 is 1.75 bits per heavy atom. The molecule has 1 aliphatic rings. The number of tetrazole rings is 1. The first-order valence-corrected chi connectivity index (χ1v) is 11.7. The van der Waals surface area contributed by atoms with Crippen LogP contribution in [0.4, 0.5) is 11.6 Å². The minimum Gasteiger partial charge on any atom is -0.490 e. The smallest absolute Gasteiger partial charge is 0.255 e. The molecule has 1 atom stereocenters. The van der Waals surface area contributed by atoms with Crippen molar-refractivity contribution in [3.05, 3.63) is 101 Å². The van der Waals surface area contributed by atoms with Gasteiger partial charge < -0.3 is 20.1 Å². The van der Waals surface area contributed by atoms with Gasteiger partial charge >= 0.3 is 0 Å². The standard InChI is InChI=1S/C27H26N6O3/c1-3-35-23-16-20(14-15-22(23)36-17-19-10-6-4-7-11-19)25-24(18(2)28-27-30-31-32-33(25)27)26(34)29-21-12-8-5-9-13-21/h4-16,25H,3,17H2,1-2H3,(H,29,34)(H,28,30,32)/t25-/m1/s1. The molecule has 1 aliphatic heterocycles. The molecular weight excluding hydrogens is 456 g/mol. The predicted octanol–water partition coefficient (Wildman–Crippen LogP) is 4.58. The van der Waals surface area contributed by atoms with Gasteiger partial charge in [0.2, 0.25) is 5.95 Å². The van der Waals surface area contributed by atoms with Crippen molar-refractivity contribution in [1.29, 1.82) is 0 Å². The Morgan fingerprint density at radius 1 is 1.00 bits per heavy atom. The number of rotatable bonds is 8. The number of allylic oxidation sites excluding steroid dienone is 1. The summed E-state index contributed by atoms with van der Waals surface area (Å²) in [6.07, 6.45) is 0. The second-order valence-electron chi connectivity index (χ2n) is 8.25. The third-order valence-electron chi connectivity index (χ3n) is 5.81. The van der Waals surface area contributed by atoms with Crippen LogP contribution >= 0.6 is 0 Å². The molecule has 5 rings (SSSR count). The molecule has 182 valence electrons. The fourth-order valence-corrected chi connectivity index (χ4v) is 4.15. The van der Waals surface area contributed by atoms with E-state index in [0.717, 1.165) is 11.1 Å². The zero-order valence-corrected chi connectivity index (χ0v) is 20.0. The van der Waals surface area contributed by atoms with E-state index < -0.39 is 6.04 Å². The van der Waals surface area contributed by atoms with Crippen molar-refractivity contribution in [2.75, 3.05) is 17.2 Å². The van der Waals surface area contributed by atoms with E-state index in [-0.39, 0.29) is 5.91 Å². The maximum absolute atomic E-state index is 13.5. The molecule has 0 saturated carbocycles. The van der Waals surface area contributed by atoms with Crippen LogP contribution in [0.1, 0.15) is 31.0 Å². The van der Waals surface area contributed by atoms with Crippen LogP contribution in [-0.4, -0.2) is 32.7 Å². The first kappa shape index (κ1) is 23.1. The first-order valence-electron chi connectivity index (χ1n) is 11.7. The van der Waals surface area contributed by atoms with E-state index in [1.54, 1.807) is 4.68 Å². The van der Waals surface area contributed by atoms with Crippen molar-refractivity contribution < 1.29 is 14.3 Å². The van der Waals surface area contributed by atoms with Gasteiger partial charge in [0.1, 0.15) is 12.6 Å². The summed E-state index contributed by atoms with van der Waals surface area (Å²) >= 11 is 0. The van der Waals surface area contributed by atoms with Gasteiger partial charge in [-0.3, -0.25) is 4.79 Å². The molecule has 0 aliphatic carbocycles. The summed E-state index contributed by atoms with van der Waals surface area (Å²) < 4.78 is 13.6. The van der Waals surface area contributed by atoms with Crippen molar-refractivity contribution in [2.24, 2.45) is 0 Å². The van der Waals surface area contributed by atoms with Gasteiger partial charge in [0, 0.05) is 11.4 Å². The van der Waals surface area contributed by atoms with E-state index >= 15 is 0 Å². The number of hydrogen-bond acceptors (Lipinski definition) is 7. The van der Waals surface area contributed by atoms with Gasteiger partial charge in [-0.05, 0) is 59.7 Å². The molecule has 1 amide bonds. The number of ether oxygens (including phenoxy) is 2. The van der Waals surface area contributed by atoms with Gasteiger partial charge in [0.05, 0.1) is 12.2 Å². The molecule has 0 radical (unpaired) electrons. The van der Waals surface area contributed by atoms with Crippen LogP contribution in [0.15, 0.2) is 90.1 Å². The molecule has 0 spiro atoms. The average Bonchev–Trinajstić information content (AvgIpc) is 3.36. The maximum atomic E-state index is 13.5. The summed E-state index contributed by atoms with van der Waals surface area (Å²) in [5, 5.41) is 18.2. The van der Waals surface area contributed by atoms with Crippen LogP contribution in [0.5, 0.6) is 11.5 Å². The number of nitrogens with one attached hydrogen (secondary N) is 2. The Hall–Kier alpha value is -4.66. The number of benzene rings is 3. The van der Waals surface area contributed by atoms with Gasteiger partial charge in [0.15, 0.2) is 11.5 Å². The highest BCUT2D eigenvalue weighted by molar-refractivity contribution is 6.06. The second kappa shape index (κ2) is 10.3. The fourth-order valence-electron chi connectivity index (χ4n) is 4.15. The third-order valence-corrected chi connectivity index (χ3v) is 5.81. The highest BCUT2D eigenvalue weighted by atomic mass is 16.5. The highest BCUT2D eigenvalue weighted by Crippen LogP contribution is 2.39. The average molecular weight is 483 g/mol. The number of fused-ring (bicyclic) bond motifs is 1. The topological polar surface area (TPSA) is 103 Å². The Kier molecular flexibility index (Phi) is 6.61. The molecule has 0 fully saturated rings. The molecule has 0 saturated heterocycles. The van der Waals surface area contributed by atoms with Gasteiger partial charge in [-0.1, -0.05) is 59.7 Å². The predicted molar refractivity (Wildman–Crippen MR) is 136 cm³/mol. The lowest BCUT2D eigenvalue weighted by Gasteiger charge is -2.28. The van der Waals surface area contributed by atoms with E-state index in [1.165, 1.54) is 0 Å². The molecule has 2 N–H and O–H groups in total. The number of para-hydroxylation sites is 1. The van der Waals surface area contributed by atoms with Crippen LogP contribution in [0.3, 0.4) is 0 Å². The van der Waals surface area contributed by atoms with Crippen molar-refractivity contribution in [3.8, 4) is 11.5 Å². The van der Waals surface area contributed by atoms with E-state index in [1.807, 2.05) is 92.7 Å². The van der Waals surface area contributed by atoms with E-state index in [0.29, 0.717) is 47.6 Å². The van der Waals surface area contributed by atoms with Crippen molar-refractivity contribution in [2.45, 2.75) is 26.5 Å². The number of carbonyl (C=O) groups is 1. The molecule has 9 nitrogen and oxygen atoms in total. The number of amides is 1. The maximum Gasteiger partial charge on any atom is 0.255 e. The largest absolute Gasteiger partial charge is 0.490 e. The van der Waals surface area contributed by atoms with Crippen LogP contribution < -0.4 is 20.1 Å². The molecule has 36 heavy (non-hydrogen) atoms. The van der Waals surface area contributed by atoms with Crippen LogP contribution in [0.25, 0.3) is 0 Å². The van der Waals surface area contributed by atoms with Crippen molar-refractivity contribution in [1.82, 2.24) is 20.2 Å². The summed E-state index contributed by atoms with van der Waals surface area (Å²) in [5.41, 5.74) is 3.71. The summed E-state index contributed by atoms with van der Waals surface area (Å²) in [4.78, 5) is 13.5. The Bertz CT molecular complexity index is 1390. The van der Waals surface area contributed by atoms with Crippen molar-refractivity contribution in [3.63, 3.8) is 0 Å². The molecular formula is C27H26N6O3. The van der Waals surface area contributed by atoms with Crippen LogP contribution in [0, 0.1) is 0 Å². The summed E-state index contributed by atoms with van der Waals surface area (Å²) in [5.74, 6) is 1.40. The van der Waals surface area contributed by atoms with Gasteiger partial charge in [-0.2, -0.15) is 4.68 Å². The zero-order chi connectivity index (χ0) is 24.9. The summed E-state index contributed by atoms with van der Waals surface area (Å²) in [6.45, 7) is 4.63. The molecule has 2 heterocycles. The third kappa shape index (κ3) is 4.76. The minimum atomic E-state index is -0.567. The fraction of sp³-hybridized carbons (Fsp3) is 0.185. The molecule has 0 bridgehead atoms. The summed E-state index contributed by atoms with van der Waals surface area (Å²) in [7, 11) is 0. The lowest BCUT2D eigenvalue weighted by Crippen LogP contribution is -2.31. The number of aromatic nitrogens is 4. The van der Waals surface area contributed by atoms with Gasteiger partial charge in [-0.25, -0.2) is 0 Å². The zero-order valence-electron chi connectivity index (χ0n) is 20.0. The SMILES string of the molecule is CCOc1cc([C@@H]2C(C(=O)Nc3ccccc3)=C(C)Nc3nnnn32)ccc1OCc1ccccc1. The lowest BCUT2D eigenvalue weighted by molar-refractivity contribution is -0.113. The molecule has 3 aromatic carbocycles. The highest BCUT2D eigenvalue weighted by Gasteiger charge is 2.34. The number of anilines is 2. The van der Waals surface area contributed by atoms with E-state index in [2.05, 4.69) is 26.2 Å². The Balaban J connectivity index is 1.50. The van der Waals surface area contributed by atoms with E-state index in [4.69, 9.17) is 9.47 Å². The number of carbonyl (C=O) groups excluding carboxylic acids is 1. The molecule has 4 aromatic rings. The van der Waals surface area contributed by atoms with E-state index in [9.17, 15) is 4.79 Å². The first-order chi connectivity index (χ1) is 17.6. The quantitative estimate of drug-likeness (QED) is 0.379. The molecule has 0 unspecified atom stereocenters. The summed E-state index contributed by atoms with van der Waals surface area (Å²) in [6, 6.07) is 24.3. The monoisotopic (exact) mass is 482 g/mol. The van der Waals surface area contributed by atoms with Crippen LogP contribution in [0.2, 0.25) is 0 Å². The lowest BCUT2D eigenvalue weighted by atomic mass is 9.94. The normalized spacial score (nSPS) is 14.6.